The fraction of sp³-hybridized carbons (Fsp3) is 0.571. The summed E-state index contributed by atoms with van der Waals surface area (Å²) in [5, 5.41) is 3.49. The molecule has 1 aliphatic rings. The Labute approximate surface area is 98.0 Å². The van der Waals surface area contributed by atoms with Crippen LogP contribution in [0, 0.1) is 13.8 Å². The number of nitrogens with one attached hydrogen (secondary N) is 1. The van der Waals surface area contributed by atoms with Crippen molar-refractivity contribution in [2.75, 3.05) is 6.54 Å². The standard InChI is InChI=1S/C14H21NO/c1-10-5-4-6-14(12(10)3)16-11(2)9-15-13-7-8-13/h4-6,11,13,15H,7-9H2,1-3H3. The lowest BCUT2D eigenvalue weighted by molar-refractivity contribution is 0.215. The zero-order chi connectivity index (χ0) is 11.5. The maximum Gasteiger partial charge on any atom is 0.122 e. The van der Waals surface area contributed by atoms with Crippen molar-refractivity contribution < 1.29 is 4.74 Å². The maximum atomic E-state index is 5.94. The predicted molar refractivity (Wildman–Crippen MR) is 67.0 cm³/mol. The second kappa shape index (κ2) is 4.88. The zero-order valence-corrected chi connectivity index (χ0v) is 10.4. The smallest absolute Gasteiger partial charge is 0.122 e. The van der Waals surface area contributed by atoms with E-state index in [-0.39, 0.29) is 6.10 Å². The van der Waals surface area contributed by atoms with E-state index >= 15 is 0 Å². The largest absolute Gasteiger partial charge is 0.489 e. The molecule has 1 unspecified atom stereocenters. The minimum Gasteiger partial charge on any atom is -0.489 e. The summed E-state index contributed by atoms with van der Waals surface area (Å²) in [5.41, 5.74) is 2.54. The van der Waals surface area contributed by atoms with Crippen LogP contribution in [-0.2, 0) is 0 Å². The first-order chi connectivity index (χ1) is 7.66. The van der Waals surface area contributed by atoms with E-state index < -0.39 is 0 Å². The monoisotopic (exact) mass is 219 g/mol. The van der Waals surface area contributed by atoms with Gasteiger partial charge in [-0.25, -0.2) is 0 Å². The summed E-state index contributed by atoms with van der Waals surface area (Å²) < 4.78 is 5.94. The van der Waals surface area contributed by atoms with Gasteiger partial charge in [-0.15, -0.1) is 0 Å². The van der Waals surface area contributed by atoms with Gasteiger partial charge in [-0.3, -0.25) is 0 Å². The highest BCUT2D eigenvalue weighted by atomic mass is 16.5. The van der Waals surface area contributed by atoms with Gasteiger partial charge in [0.25, 0.3) is 0 Å². The highest BCUT2D eigenvalue weighted by Gasteiger charge is 2.21. The molecule has 2 heteroatoms. The summed E-state index contributed by atoms with van der Waals surface area (Å²) in [6.07, 6.45) is 2.90. The molecule has 0 heterocycles. The molecule has 0 aromatic heterocycles. The van der Waals surface area contributed by atoms with Gasteiger partial charge < -0.3 is 10.1 Å². The topological polar surface area (TPSA) is 21.3 Å². The SMILES string of the molecule is Cc1cccc(OC(C)CNC2CC2)c1C. The molecule has 1 aromatic carbocycles. The van der Waals surface area contributed by atoms with Gasteiger partial charge in [0.15, 0.2) is 0 Å². The number of benzene rings is 1. The fourth-order valence-corrected chi connectivity index (χ4v) is 1.73. The molecule has 16 heavy (non-hydrogen) atoms. The fourth-order valence-electron chi connectivity index (χ4n) is 1.73. The van der Waals surface area contributed by atoms with E-state index in [4.69, 9.17) is 4.74 Å². The van der Waals surface area contributed by atoms with Crippen LogP contribution in [0.5, 0.6) is 5.75 Å². The van der Waals surface area contributed by atoms with Crippen LogP contribution >= 0.6 is 0 Å². The molecule has 0 aliphatic heterocycles. The van der Waals surface area contributed by atoms with Gasteiger partial charge in [0.05, 0.1) is 0 Å². The Kier molecular flexibility index (Phi) is 3.49. The van der Waals surface area contributed by atoms with Gasteiger partial charge in [-0.05, 0) is 50.8 Å². The third kappa shape index (κ3) is 2.99. The Morgan fingerprint density at radius 1 is 1.38 bits per heavy atom. The van der Waals surface area contributed by atoms with Gasteiger partial charge in [-0.2, -0.15) is 0 Å². The van der Waals surface area contributed by atoms with Crippen molar-refractivity contribution in [2.24, 2.45) is 0 Å². The molecule has 1 saturated carbocycles. The van der Waals surface area contributed by atoms with Gasteiger partial charge in [-0.1, -0.05) is 12.1 Å². The average molecular weight is 219 g/mol. The molecular weight excluding hydrogens is 198 g/mol. The first kappa shape index (κ1) is 11.5. The summed E-state index contributed by atoms with van der Waals surface area (Å²) in [6, 6.07) is 6.98. The van der Waals surface area contributed by atoms with Gasteiger partial charge in [0.1, 0.15) is 11.9 Å². The molecule has 0 spiro atoms. The normalized spacial score (nSPS) is 17.2. The average Bonchev–Trinajstić information content (AvgIpc) is 3.06. The molecular formula is C14H21NO. The second-order valence-electron chi connectivity index (χ2n) is 4.81. The van der Waals surface area contributed by atoms with Crippen molar-refractivity contribution in [1.82, 2.24) is 5.32 Å². The predicted octanol–water partition coefficient (Wildman–Crippen LogP) is 2.82. The minimum absolute atomic E-state index is 0.237. The molecule has 1 atom stereocenters. The lowest BCUT2D eigenvalue weighted by atomic mass is 10.1. The molecule has 1 N–H and O–H groups in total. The molecule has 0 radical (unpaired) electrons. The van der Waals surface area contributed by atoms with Crippen molar-refractivity contribution in [3.05, 3.63) is 29.3 Å². The van der Waals surface area contributed by atoms with Crippen molar-refractivity contribution >= 4 is 0 Å². The molecule has 88 valence electrons. The van der Waals surface area contributed by atoms with E-state index in [9.17, 15) is 0 Å². The van der Waals surface area contributed by atoms with Crippen LogP contribution in [0.3, 0.4) is 0 Å². The van der Waals surface area contributed by atoms with Crippen molar-refractivity contribution in [1.29, 1.82) is 0 Å². The van der Waals surface area contributed by atoms with Crippen molar-refractivity contribution in [3.63, 3.8) is 0 Å². The van der Waals surface area contributed by atoms with Gasteiger partial charge in [0, 0.05) is 12.6 Å². The Balaban J connectivity index is 1.88. The highest BCUT2D eigenvalue weighted by Crippen LogP contribution is 2.22. The number of hydrogen-bond acceptors (Lipinski definition) is 2. The Hall–Kier alpha value is -1.02. The highest BCUT2D eigenvalue weighted by molar-refractivity contribution is 5.38. The van der Waals surface area contributed by atoms with Crippen LogP contribution in [0.1, 0.15) is 30.9 Å². The van der Waals surface area contributed by atoms with Crippen molar-refractivity contribution in [3.8, 4) is 5.75 Å². The van der Waals surface area contributed by atoms with E-state index in [1.165, 1.54) is 24.0 Å². The number of rotatable bonds is 5. The van der Waals surface area contributed by atoms with Crippen LogP contribution in [0.25, 0.3) is 0 Å². The van der Waals surface area contributed by atoms with E-state index in [0.717, 1.165) is 18.3 Å². The van der Waals surface area contributed by atoms with Gasteiger partial charge >= 0.3 is 0 Å². The van der Waals surface area contributed by atoms with E-state index in [2.05, 4.69) is 44.3 Å². The Bertz CT molecular complexity index is 358. The summed E-state index contributed by atoms with van der Waals surface area (Å²) in [7, 11) is 0. The summed E-state index contributed by atoms with van der Waals surface area (Å²) >= 11 is 0. The molecule has 2 rings (SSSR count). The second-order valence-corrected chi connectivity index (χ2v) is 4.81. The Morgan fingerprint density at radius 3 is 2.81 bits per heavy atom. The summed E-state index contributed by atoms with van der Waals surface area (Å²) in [6.45, 7) is 7.30. The van der Waals surface area contributed by atoms with Crippen molar-refractivity contribution in [2.45, 2.75) is 45.8 Å². The zero-order valence-electron chi connectivity index (χ0n) is 10.4. The molecule has 1 aromatic rings. The lowest BCUT2D eigenvalue weighted by Crippen LogP contribution is -2.30. The molecule has 0 bridgehead atoms. The van der Waals surface area contributed by atoms with E-state index in [1.807, 2.05) is 0 Å². The molecule has 0 saturated heterocycles. The quantitative estimate of drug-likeness (QED) is 0.822. The first-order valence-electron chi connectivity index (χ1n) is 6.13. The lowest BCUT2D eigenvalue weighted by Gasteiger charge is -2.17. The van der Waals surface area contributed by atoms with E-state index in [0.29, 0.717) is 0 Å². The summed E-state index contributed by atoms with van der Waals surface area (Å²) in [5.74, 6) is 1.02. The van der Waals surface area contributed by atoms with Crippen LogP contribution in [0.15, 0.2) is 18.2 Å². The molecule has 1 fully saturated rings. The number of ether oxygens (including phenoxy) is 1. The van der Waals surface area contributed by atoms with Crippen LogP contribution in [-0.4, -0.2) is 18.7 Å². The number of aryl methyl sites for hydroxylation is 1. The third-order valence-electron chi connectivity index (χ3n) is 3.15. The third-order valence-corrected chi connectivity index (χ3v) is 3.15. The van der Waals surface area contributed by atoms with Crippen LogP contribution in [0.4, 0.5) is 0 Å². The minimum atomic E-state index is 0.237. The summed E-state index contributed by atoms with van der Waals surface area (Å²) in [4.78, 5) is 0. The van der Waals surface area contributed by atoms with Gasteiger partial charge in [0.2, 0.25) is 0 Å². The molecule has 2 nitrogen and oxygen atoms in total. The number of hydrogen-bond donors (Lipinski definition) is 1. The van der Waals surface area contributed by atoms with Crippen LogP contribution in [0.2, 0.25) is 0 Å². The molecule has 1 aliphatic carbocycles. The van der Waals surface area contributed by atoms with E-state index in [1.54, 1.807) is 0 Å². The maximum absolute atomic E-state index is 5.94. The Morgan fingerprint density at radius 2 is 2.12 bits per heavy atom. The molecule has 0 amide bonds. The first-order valence-corrected chi connectivity index (χ1v) is 6.13. The van der Waals surface area contributed by atoms with Crippen LogP contribution < -0.4 is 10.1 Å².